The van der Waals surface area contributed by atoms with Crippen LogP contribution >= 0.6 is 15.9 Å². The first-order chi connectivity index (χ1) is 8.01. The van der Waals surface area contributed by atoms with Gasteiger partial charge in [-0.3, -0.25) is 9.59 Å². The van der Waals surface area contributed by atoms with Gasteiger partial charge in [-0.2, -0.15) is 0 Å². The van der Waals surface area contributed by atoms with E-state index >= 15 is 0 Å². The van der Waals surface area contributed by atoms with Gasteiger partial charge in [-0.1, -0.05) is 0 Å². The van der Waals surface area contributed by atoms with Crippen LogP contribution in [0, 0.1) is 5.41 Å². The lowest BCUT2D eigenvalue weighted by Gasteiger charge is -2.10. The average molecular weight is 299 g/mol. The number of carboxylic acids is 1. The highest BCUT2D eigenvalue weighted by molar-refractivity contribution is 9.10. The molecule has 0 spiro atoms. The van der Waals surface area contributed by atoms with E-state index in [4.69, 9.17) is 9.84 Å². The number of Topliss-reactive ketones (excluding diaryl/α,β-unsaturated/α-hetero) is 1. The number of rotatable bonds is 4. The van der Waals surface area contributed by atoms with Crippen LogP contribution in [-0.4, -0.2) is 24.0 Å². The summed E-state index contributed by atoms with van der Waals surface area (Å²) < 4.78 is 5.70. The van der Waals surface area contributed by atoms with Crippen molar-refractivity contribution in [2.45, 2.75) is 12.8 Å². The van der Waals surface area contributed by atoms with Crippen LogP contribution in [0.5, 0.6) is 5.75 Å². The first-order valence-electron chi connectivity index (χ1n) is 5.13. The standard InChI is InChI=1S/C12H11BrO4/c1-17-9-3-2-7(6-8(9)13)10(14)12(4-5-12)11(15)16/h2-3,6H,4-5H2,1H3,(H,15,16). The van der Waals surface area contributed by atoms with Crippen LogP contribution in [0.2, 0.25) is 0 Å². The number of hydrogen-bond donors (Lipinski definition) is 1. The summed E-state index contributed by atoms with van der Waals surface area (Å²) in [6, 6.07) is 4.84. The molecule has 1 aromatic carbocycles. The third-order valence-electron chi connectivity index (χ3n) is 3.01. The van der Waals surface area contributed by atoms with Gasteiger partial charge in [-0.05, 0) is 47.0 Å². The Morgan fingerprint density at radius 3 is 2.47 bits per heavy atom. The molecular weight excluding hydrogens is 288 g/mol. The van der Waals surface area contributed by atoms with Gasteiger partial charge in [0.2, 0.25) is 0 Å². The molecule has 0 saturated heterocycles. The molecular formula is C12H11BrO4. The maximum absolute atomic E-state index is 12.1. The normalized spacial score (nSPS) is 16.4. The van der Waals surface area contributed by atoms with Crippen LogP contribution in [0.3, 0.4) is 0 Å². The molecule has 0 aromatic heterocycles. The minimum absolute atomic E-state index is 0.326. The Balaban J connectivity index is 2.33. The monoisotopic (exact) mass is 298 g/mol. The van der Waals surface area contributed by atoms with Crippen LogP contribution in [0.4, 0.5) is 0 Å². The van der Waals surface area contributed by atoms with Crippen molar-refractivity contribution in [1.29, 1.82) is 0 Å². The topological polar surface area (TPSA) is 63.6 Å². The highest BCUT2D eigenvalue weighted by Crippen LogP contribution is 2.48. The van der Waals surface area contributed by atoms with Crippen LogP contribution in [0.25, 0.3) is 0 Å². The third-order valence-corrected chi connectivity index (χ3v) is 3.63. The molecule has 1 fully saturated rings. The Labute approximate surface area is 107 Å². The smallest absolute Gasteiger partial charge is 0.317 e. The van der Waals surface area contributed by atoms with Crippen molar-refractivity contribution < 1.29 is 19.4 Å². The molecule has 0 heterocycles. The first kappa shape index (κ1) is 12.1. The summed E-state index contributed by atoms with van der Waals surface area (Å²) in [5.74, 6) is -0.746. The van der Waals surface area contributed by atoms with Gasteiger partial charge in [-0.25, -0.2) is 0 Å². The predicted molar refractivity (Wildman–Crippen MR) is 64.3 cm³/mol. The maximum Gasteiger partial charge on any atom is 0.317 e. The molecule has 1 saturated carbocycles. The third kappa shape index (κ3) is 1.95. The number of hydrogen-bond acceptors (Lipinski definition) is 3. The van der Waals surface area contributed by atoms with Crippen molar-refractivity contribution in [3.05, 3.63) is 28.2 Å². The highest BCUT2D eigenvalue weighted by Gasteiger charge is 2.56. The Hall–Kier alpha value is -1.36. The Kier molecular flexibility index (Phi) is 2.95. The van der Waals surface area contributed by atoms with Crippen molar-refractivity contribution in [1.82, 2.24) is 0 Å². The molecule has 1 aliphatic carbocycles. The number of methoxy groups -OCH3 is 1. The Morgan fingerprint density at radius 1 is 1.41 bits per heavy atom. The van der Waals surface area contributed by atoms with Gasteiger partial charge >= 0.3 is 5.97 Å². The molecule has 0 unspecified atom stereocenters. The minimum atomic E-state index is -1.19. The summed E-state index contributed by atoms with van der Waals surface area (Å²) in [5.41, 5.74) is -0.786. The molecule has 5 heteroatoms. The summed E-state index contributed by atoms with van der Waals surface area (Å²) in [4.78, 5) is 23.1. The molecule has 1 aliphatic rings. The minimum Gasteiger partial charge on any atom is -0.496 e. The van der Waals surface area contributed by atoms with E-state index in [0.717, 1.165) is 0 Å². The van der Waals surface area contributed by atoms with Crippen LogP contribution in [0.1, 0.15) is 23.2 Å². The second-order valence-electron chi connectivity index (χ2n) is 4.07. The predicted octanol–water partition coefficient (Wildman–Crippen LogP) is 2.51. The Bertz CT molecular complexity index is 491. The second kappa shape index (κ2) is 4.14. The summed E-state index contributed by atoms with van der Waals surface area (Å²) in [6.07, 6.45) is 0.843. The van der Waals surface area contributed by atoms with Crippen molar-refractivity contribution in [3.63, 3.8) is 0 Å². The van der Waals surface area contributed by atoms with E-state index in [-0.39, 0.29) is 5.78 Å². The highest BCUT2D eigenvalue weighted by atomic mass is 79.9. The summed E-state index contributed by atoms with van der Waals surface area (Å²) in [5, 5.41) is 9.05. The molecule has 0 atom stereocenters. The zero-order chi connectivity index (χ0) is 12.6. The molecule has 4 nitrogen and oxygen atoms in total. The SMILES string of the molecule is COc1ccc(C(=O)C2(C(=O)O)CC2)cc1Br. The fraction of sp³-hybridized carbons (Fsp3) is 0.333. The quantitative estimate of drug-likeness (QED) is 0.685. The van der Waals surface area contributed by atoms with E-state index in [1.807, 2.05) is 0 Å². The molecule has 2 rings (SSSR count). The number of ketones is 1. The second-order valence-corrected chi connectivity index (χ2v) is 4.92. The van der Waals surface area contributed by atoms with Gasteiger partial charge in [0.25, 0.3) is 0 Å². The number of carbonyl (C=O) groups excluding carboxylic acids is 1. The molecule has 0 amide bonds. The lowest BCUT2D eigenvalue weighted by Crippen LogP contribution is -2.25. The summed E-state index contributed by atoms with van der Waals surface area (Å²) in [6.45, 7) is 0. The summed E-state index contributed by atoms with van der Waals surface area (Å²) in [7, 11) is 1.53. The van der Waals surface area contributed by atoms with E-state index < -0.39 is 11.4 Å². The van der Waals surface area contributed by atoms with Gasteiger partial charge in [0.05, 0.1) is 11.6 Å². The van der Waals surface area contributed by atoms with Crippen molar-refractivity contribution in [2.24, 2.45) is 5.41 Å². The number of carboxylic acid groups (broad SMARTS) is 1. The van der Waals surface area contributed by atoms with Gasteiger partial charge in [-0.15, -0.1) is 0 Å². The zero-order valence-corrected chi connectivity index (χ0v) is 10.8. The molecule has 1 N–H and O–H groups in total. The maximum atomic E-state index is 12.1. The lowest BCUT2D eigenvalue weighted by atomic mass is 9.95. The number of ether oxygens (including phenoxy) is 1. The fourth-order valence-electron chi connectivity index (χ4n) is 1.75. The van der Waals surface area contributed by atoms with Crippen molar-refractivity contribution >= 4 is 27.7 Å². The number of benzene rings is 1. The molecule has 90 valence electrons. The van der Waals surface area contributed by atoms with Crippen LogP contribution in [-0.2, 0) is 4.79 Å². The van der Waals surface area contributed by atoms with E-state index in [1.165, 1.54) is 7.11 Å². The molecule has 0 bridgehead atoms. The summed E-state index contributed by atoms with van der Waals surface area (Å²) >= 11 is 3.28. The van der Waals surface area contributed by atoms with Crippen LogP contribution < -0.4 is 4.74 Å². The van der Waals surface area contributed by atoms with E-state index in [1.54, 1.807) is 18.2 Å². The zero-order valence-electron chi connectivity index (χ0n) is 9.20. The van der Waals surface area contributed by atoms with E-state index in [9.17, 15) is 9.59 Å². The van der Waals surface area contributed by atoms with Gasteiger partial charge in [0, 0.05) is 5.56 Å². The van der Waals surface area contributed by atoms with Gasteiger partial charge < -0.3 is 9.84 Å². The molecule has 0 radical (unpaired) electrons. The molecule has 1 aromatic rings. The van der Waals surface area contributed by atoms with Crippen molar-refractivity contribution in [2.75, 3.05) is 7.11 Å². The van der Waals surface area contributed by atoms with E-state index in [0.29, 0.717) is 28.6 Å². The van der Waals surface area contributed by atoms with Crippen molar-refractivity contribution in [3.8, 4) is 5.75 Å². The number of carbonyl (C=O) groups is 2. The number of halogens is 1. The van der Waals surface area contributed by atoms with E-state index in [2.05, 4.69) is 15.9 Å². The first-order valence-corrected chi connectivity index (χ1v) is 5.92. The largest absolute Gasteiger partial charge is 0.496 e. The number of aliphatic carboxylic acids is 1. The van der Waals surface area contributed by atoms with Crippen LogP contribution in [0.15, 0.2) is 22.7 Å². The molecule has 17 heavy (non-hydrogen) atoms. The average Bonchev–Trinajstić information content (AvgIpc) is 3.09. The fourth-order valence-corrected chi connectivity index (χ4v) is 2.29. The lowest BCUT2D eigenvalue weighted by molar-refractivity contribution is -0.141. The van der Waals surface area contributed by atoms with Gasteiger partial charge in [0.1, 0.15) is 11.2 Å². The molecule has 0 aliphatic heterocycles. The van der Waals surface area contributed by atoms with Gasteiger partial charge in [0.15, 0.2) is 5.78 Å². The Morgan fingerprint density at radius 2 is 2.06 bits per heavy atom.